The molecule has 0 aliphatic carbocycles. The minimum Gasteiger partial charge on any atom is -0.388 e. The lowest BCUT2D eigenvalue weighted by molar-refractivity contribution is -0.118. The Labute approximate surface area is 123 Å². The highest BCUT2D eigenvalue weighted by Gasteiger charge is 2.31. The van der Waals surface area contributed by atoms with Crippen LogP contribution in [0.1, 0.15) is 12.8 Å². The van der Waals surface area contributed by atoms with Crippen molar-refractivity contribution < 1.29 is 19.0 Å². The number of aliphatic hydroxyl groups is 1. The van der Waals surface area contributed by atoms with Crippen LogP contribution in [0.15, 0.2) is 24.3 Å². The highest BCUT2D eigenvalue weighted by atomic mass is 19.1. The molecule has 1 aliphatic heterocycles. The average Bonchev–Trinajstić information content (AvgIpc) is 2.38. The van der Waals surface area contributed by atoms with Crippen molar-refractivity contribution in [3.8, 4) is 0 Å². The third kappa shape index (κ3) is 5.08. The van der Waals surface area contributed by atoms with Crippen molar-refractivity contribution in [2.24, 2.45) is 0 Å². The van der Waals surface area contributed by atoms with Gasteiger partial charge in [0.2, 0.25) is 5.91 Å². The maximum atomic E-state index is 13.0. The lowest BCUT2D eigenvalue weighted by atomic mass is 9.94. The monoisotopic (exact) mass is 296 g/mol. The third-order valence-corrected chi connectivity index (χ3v) is 3.51. The minimum absolute atomic E-state index is 0.139. The second-order valence-electron chi connectivity index (χ2n) is 5.57. The highest BCUT2D eigenvalue weighted by molar-refractivity contribution is 5.92. The van der Waals surface area contributed by atoms with Gasteiger partial charge in [-0.3, -0.25) is 9.69 Å². The molecule has 1 fully saturated rings. The number of hydrogen-bond donors (Lipinski definition) is 2. The number of rotatable bonds is 5. The fraction of sp³-hybridized carbons (Fsp3) is 0.533. The van der Waals surface area contributed by atoms with Gasteiger partial charge in [0.05, 0.1) is 12.1 Å². The van der Waals surface area contributed by atoms with Crippen LogP contribution in [0.4, 0.5) is 10.1 Å². The van der Waals surface area contributed by atoms with E-state index in [2.05, 4.69) is 5.32 Å². The van der Waals surface area contributed by atoms with Crippen molar-refractivity contribution in [1.29, 1.82) is 0 Å². The number of likely N-dealkylation sites (N-methyl/N-ethyl adjacent to an activating group) is 1. The first-order valence-corrected chi connectivity index (χ1v) is 7.01. The molecule has 1 aromatic rings. The number of nitrogens with zero attached hydrogens (tertiary/aromatic N) is 1. The first kappa shape index (κ1) is 15.9. The first-order valence-electron chi connectivity index (χ1n) is 7.01. The molecule has 1 aromatic carbocycles. The van der Waals surface area contributed by atoms with E-state index in [1.165, 1.54) is 12.1 Å². The molecule has 116 valence electrons. The summed E-state index contributed by atoms with van der Waals surface area (Å²) in [4.78, 5) is 13.7. The van der Waals surface area contributed by atoms with Crippen molar-refractivity contribution in [2.45, 2.75) is 18.4 Å². The molecule has 6 heteroatoms. The summed E-state index contributed by atoms with van der Waals surface area (Å²) >= 11 is 0. The van der Waals surface area contributed by atoms with E-state index in [1.54, 1.807) is 24.1 Å². The van der Waals surface area contributed by atoms with Crippen LogP contribution in [-0.4, -0.2) is 54.9 Å². The number of amides is 1. The Kier molecular flexibility index (Phi) is 5.27. The maximum Gasteiger partial charge on any atom is 0.238 e. The normalized spacial score (nSPS) is 17.7. The standard InChI is InChI=1S/C15H21FN2O3/c1-18(11-15(20)5-7-21-8-6-15)10-14(19)17-13-4-2-3-12(16)9-13/h2-4,9,20H,5-8,10-11H2,1H3,(H,17,19). The smallest absolute Gasteiger partial charge is 0.238 e. The van der Waals surface area contributed by atoms with E-state index in [-0.39, 0.29) is 12.5 Å². The molecule has 0 bridgehead atoms. The Morgan fingerprint density at radius 2 is 2.19 bits per heavy atom. The molecule has 0 aromatic heterocycles. The molecule has 0 radical (unpaired) electrons. The minimum atomic E-state index is -0.799. The van der Waals surface area contributed by atoms with Crippen LogP contribution in [0.3, 0.4) is 0 Å². The van der Waals surface area contributed by atoms with E-state index >= 15 is 0 Å². The number of carbonyl (C=O) groups is 1. The van der Waals surface area contributed by atoms with E-state index < -0.39 is 11.4 Å². The number of halogens is 1. The summed E-state index contributed by atoms with van der Waals surface area (Å²) < 4.78 is 18.3. The molecule has 1 amide bonds. The molecule has 21 heavy (non-hydrogen) atoms. The topological polar surface area (TPSA) is 61.8 Å². The molecular weight excluding hydrogens is 275 g/mol. The molecule has 1 saturated heterocycles. The van der Waals surface area contributed by atoms with Gasteiger partial charge in [-0.2, -0.15) is 0 Å². The average molecular weight is 296 g/mol. The lowest BCUT2D eigenvalue weighted by Crippen LogP contribution is -2.47. The Balaban J connectivity index is 1.81. The largest absolute Gasteiger partial charge is 0.388 e. The van der Waals surface area contributed by atoms with Gasteiger partial charge in [0.1, 0.15) is 5.82 Å². The van der Waals surface area contributed by atoms with Gasteiger partial charge in [-0.1, -0.05) is 6.07 Å². The molecule has 1 aliphatic rings. The van der Waals surface area contributed by atoms with Crippen molar-refractivity contribution >= 4 is 11.6 Å². The SMILES string of the molecule is CN(CC(=O)Nc1cccc(F)c1)CC1(O)CCOCC1. The Hall–Kier alpha value is -1.50. The van der Waals surface area contributed by atoms with Crippen molar-refractivity contribution in [2.75, 3.05) is 38.7 Å². The molecule has 5 nitrogen and oxygen atoms in total. The van der Waals surface area contributed by atoms with Crippen LogP contribution in [0, 0.1) is 5.82 Å². The Morgan fingerprint density at radius 3 is 2.86 bits per heavy atom. The van der Waals surface area contributed by atoms with Crippen LogP contribution in [0.25, 0.3) is 0 Å². The highest BCUT2D eigenvalue weighted by Crippen LogP contribution is 2.21. The second kappa shape index (κ2) is 6.98. The predicted molar refractivity (Wildman–Crippen MR) is 77.5 cm³/mol. The zero-order chi connectivity index (χ0) is 15.3. The molecule has 0 unspecified atom stereocenters. The molecule has 1 heterocycles. The van der Waals surface area contributed by atoms with Gasteiger partial charge in [-0.25, -0.2) is 4.39 Å². The van der Waals surface area contributed by atoms with E-state index in [0.29, 0.717) is 38.3 Å². The van der Waals surface area contributed by atoms with Gasteiger partial charge >= 0.3 is 0 Å². The summed E-state index contributed by atoms with van der Waals surface area (Å²) in [5, 5.41) is 13.0. The van der Waals surface area contributed by atoms with Crippen LogP contribution < -0.4 is 5.32 Å². The van der Waals surface area contributed by atoms with Gasteiger partial charge in [-0.15, -0.1) is 0 Å². The summed E-state index contributed by atoms with van der Waals surface area (Å²) in [6.45, 7) is 1.63. The molecule has 2 N–H and O–H groups in total. The van der Waals surface area contributed by atoms with Gasteiger partial charge in [0.25, 0.3) is 0 Å². The van der Waals surface area contributed by atoms with Gasteiger partial charge in [0.15, 0.2) is 0 Å². The Bertz CT molecular complexity index is 490. The van der Waals surface area contributed by atoms with Crippen molar-refractivity contribution in [3.63, 3.8) is 0 Å². The van der Waals surface area contributed by atoms with E-state index in [9.17, 15) is 14.3 Å². The summed E-state index contributed by atoms with van der Waals surface area (Å²) in [7, 11) is 1.78. The summed E-state index contributed by atoms with van der Waals surface area (Å²) in [6.07, 6.45) is 1.14. The zero-order valence-corrected chi connectivity index (χ0v) is 12.1. The number of benzene rings is 1. The van der Waals surface area contributed by atoms with Crippen molar-refractivity contribution in [1.82, 2.24) is 4.90 Å². The number of nitrogens with one attached hydrogen (secondary N) is 1. The number of hydrogen-bond acceptors (Lipinski definition) is 4. The van der Waals surface area contributed by atoms with Crippen LogP contribution in [0.2, 0.25) is 0 Å². The van der Waals surface area contributed by atoms with Gasteiger partial charge in [0, 0.05) is 38.3 Å². The maximum absolute atomic E-state index is 13.0. The van der Waals surface area contributed by atoms with Crippen LogP contribution >= 0.6 is 0 Å². The van der Waals surface area contributed by atoms with Gasteiger partial charge < -0.3 is 15.2 Å². The Morgan fingerprint density at radius 1 is 1.48 bits per heavy atom. The second-order valence-corrected chi connectivity index (χ2v) is 5.57. The molecule has 0 saturated carbocycles. The molecule has 0 atom stereocenters. The van der Waals surface area contributed by atoms with E-state index in [4.69, 9.17) is 4.74 Å². The fourth-order valence-corrected chi connectivity index (χ4v) is 2.48. The molecule has 0 spiro atoms. The van der Waals surface area contributed by atoms with Gasteiger partial charge in [-0.05, 0) is 25.2 Å². The first-order chi connectivity index (χ1) is 9.97. The van der Waals surface area contributed by atoms with Crippen LogP contribution in [-0.2, 0) is 9.53 Å². The quantitative estimate of drug-likeness (QED) is 0.858. The summed E-state index contributed by atoms with van der Waals surface area (Å²) in [6, 6.07) is 5.76. The zero-order valence-electron chi connectivity index (χ0n) is 12.1. The fourth-order valence-electron chi connectivity index (χ4n) is 2.48. The van der Waals surface area contributed by atoms with E-state index in [1.807, 2.05) is 0 Å². The summed E-state index contributed by atoms with van der Waals surface area (Å²) in [5.74, 6) is -0.628. The van der Waals surface area contributed by atoms with Crippen LogP contribution in [0.5, 0.6) is 0 Å². The lowest BCUT2D eigenvalue weighted by Gasteiger charge is -2.35. The third-order valence-electron chi connectivity index (χ3n) is 3.51. The number of carbonyl (C=O) groups excluding carboxylic acids is 1. The number of ether oxygens (including phenoxy) is 1. The number of anilines is 1. The predicted octanol–water partition coefficient (Wildman–Crippen LogP) is 1.24. The van der Waals surface area contributed by atoms with E-state index in [0.717, 1.165) is 0 Å². The molecular formula is C15H21FN2O3. The molecule has 2 rings (SSSR count). The summed E-state index contributed by atoms with van der Waals surface area (Å²) in [5.41, 5.74) is -0.371. The van der Waals surface area contributed by atoms with Crippen molar-refractivity contribution in [3.05, 3.63) is 30.1 Å².